The number of aromatic nitrogens is 3. The minimum Gasteiger partial charge on any atom is -0.487 e. The van der Waals surface area contributed by atoms with Crippen LogP contribution in [0.4, 0.5) is 26.3 Å². The molecule has 11 nitrogen and oxygen atoms in total. The summed E-state index contributed by atoms with van der Waals surface area (Å²) in [5.74, 6) is -6.97. The first-order chi connectivity index (χ1) is 20.2. The van der Waals surface area contributed by atoms with Gasteiger partial charge >= 0.3 is 24.0 Å². The van der Waals surface area contributed by atoms with Gasteiger partial charge in [0.2, 0.25) is 0 Å². The van der Waals surface area contributed by atoms with Gasteiger partial charge in [-0.25, -0.2) is 31.6 Å². The van der Waals surface area contributed by atoms with E-state index in [-0.39, 0.29) is 36.2 Å². The predicted molar refractivity (Wildman–Crippen MR) is 138 cm³/mol. The molecule has 17 heteroatoms. The molecule has 0 bridgehead atoms. The lowest BCUT2D eigenvalue weighted by molar-refractivity contribution is -0.148. The Labute approximate surface area is 239 Å². The Morgan fingerprint density at radius 2 is 1.86 bits per heavy atom. The van der Waals surface area contributed by atoms with Crippen LogP contribution in [0.25, 0.3) is 5.69 Å². The van der Waals surface area contributed by atoms with E-state index in [0.717, 1.165) is 27.7 Å². The number of alkyl halides is 4. The maximum atomic E-state index is 15.1. The maximum Gasteiger partial charge on any atom is 0.350 e. The van der Waals surface area contributed by atoms with Crippen LogP contribution in [0.1, 0.15) is 31.9 Å². The first kappa shape index (κ1) is 31.4. The number of nitrogens with one attached hydrogen (secondary N) is 1. The zero-order chi connectivity index (χ0) is 31.5. The molecule has 0 unspecified atom stereocenters. The summed E-state index contributed by atoms with van der Waals surface area (Å²) in [6, 6.07) is 6.15. The molecule has 4 rings (SSSR count). The second-order valence-electron chi connectivity index (χ2n) is 9.62. The molecule has 2 atom stereocenters. The molecule has 232 valence electrons. The maximum absolute atomic E-state index is 15.1. The summed E-state index contributed by atoms with van der Waals surface area (Å²) in [5.41, 5.74) is -0.597. The fourth-order valence-electron chi connectivity index (χ4n) is 4.27. The van der Waals surface area contributed by atoms with Crippen LogP contribution in [-0.4, -0.2) is 68.5 Å². The molecule has 1 aromatic heterocycles. The molecule has 0 saturated heterocycles. The van der Waals surface area contributed by atoms with Gasteiger partial charge in [0.05, 0.1) is 11.7 Å². The Hall–Kier alpha value is -4.54. The highest BCUT2D eigenvalue weighted by molar-refractivity contribution is 5.84. The van der Waals surface area contributed by atoms with Gasteiger partial charge in [-0.1, -0.05) is 6.07 Å². The van der Waals surface area contributed by atoms with Crippen LogP contribution in [-0.2, 0) is 15.1 Å². The molecular weight excluding hydrogens is 590 g/mol. The summed E-state index contributed by atoms with van der Waals surface area (Å²) in [6.07, 6.45) is -3.25. The van der Waals surface area contributed by atoms with Crippen molar-refractivity contribution in [1.82, 2.24) is 24.7 Å². The molecule has 2 heterocycles. The fourth-order valence-corrected chi connectivity index (χ4v) is 4.27. The number of halogens is 6. The summed E-state index contributed by atoms with van der Waals surface area (Å²) in [4.78, 5) is 26.1. The van der Waals surface area contributed by atoms with E-state index in [1.165, 1.54) is 43.0 Å². The Morgan fingerprint density at radius 1 is 1.16 bits per heavy atom. The van der Waals surface area contributed by atoms with E-state index in [4.69, 9.17) is 9.47 Å². The van der Waals surface area contributed by atoms with Gasteiger partial charge in [-0.15, -0.1) is 0 Å². The zero-order valence-corrected chi connectivity index (χ0v) is 22.7. The van der Waals surface area contributed by atoms with Crippen LogP contribution < -0.4 is 15.9 Å². The molecule has 2 N–H and O–H groups in total. The van der Waals surface area contributed by atoms with Gasteiger partial charge in [0, 0.05) is 25.0 Å². The highest BCUT2D eigenvalue weighted by Gasteiger charge is 2.44. The van der Waals surface area contributed by atoms with Gasteiger partial charge < -0.3 is 19.5 Å². The average Bonchev–Trinajstić information content (AvgIpc) is 3.56. The van der Waals surface area contributed by atoms with E-state index < -0.39 is 60.3 Å². The van der Waals surface area contributed by atoms with E-state index in [1.54, 1.807) is 0 Å². The molecule has 0 fully saturated rings. The Bertz CT molecular complexity index is 1550. The highest BCUT2D eigenvalue weighted by atomic mass is 19.3. The molecule has 0 aliphatic carbocycles. The summed E-state index contributed by atoms with van der Waals surface area (Å²) < 4.78 is 91.5. The topological polar surface area (TPSA) is 123 Å². The predicted octanol–water partition coefficient (Wildman–Crippen LogP) is 3.13. The normalized spacial score (nSPS) is 15.6. The highest BCUT2D eigenvalue weighted by Crippen LogP contribution is 2.38. The van der Waals surface area contributed by atoms with Gasteiger partial charge in [-0.2, -0.15) is 19.0 Å². The lowest BCUT2D eigenvalue weighted by Crippen LogP contribution is -2.45. The third-order valence-electron chi connectivity index (χ3n) is 6.70. The molecule has 1 aliphatic rings. The van der Waals surface area contributed by atoms with Crippen LogP contribution in [0, 0.1) is 11.6 Å². The number of hydrogen-bond donors (Lipinski definition) is 2. The minimum absolute atomic E-state index is 0.0903. The molecular formula is C26H26F6N6O5. The molecule has 3 aromatic rings. The number of hydrogen-bond acceptors (Lipinski definition) is 9. The van der Waals surface area contributed by atoms with Crippen molar-refractivity contribution in [3.63, 3.8) is 0 Å². The van der Waals surface area contributed by atoms with Crippen molar-refractivity contribution < 1.29 is 45.7 Å². The van der Waals surface area contributed by atoms with Crippen molar-refractivity contribution in [2.75, 3.05) is 20.0 Å². The van der Waals surface area contributed by atoms with E-state index in [1.807, 2.05) is 0 Å². The van der Waals surface area contributed by atoms with Crippen molar-refractivity contribution in [3.05, 3.63) is 76.5 Å². The summed E-state index contributed by atoms with van der Waals surface area (Å²) in [5, 5.41) is 20.1. The smallest absolute Gasteiger partial charge is 0.350 e. The molecule has 0 spiro atoms. The Balaban J connectivity index is 1.64. The Morgan fingerprint density at radius 3 is 2.49 bits per heavy atom. The van der Waals surface area contributed by atoms with Crippen molar-refractivity contribution >= 4 is 11.8 Å². The third kappa shape index (κ3) is 6.76. The minimum atomic E-state index is -4.36. The number of aliphatic hydroxyl groups is 1. The quantitative estimate of drug-likeness (QED) is 0.235. The van der Waals surface area contributed by atoms with E-state index in [2.05, 4.69) is 15.6 Å². The number of carbonyl (C=O) groups is 1. The van der Waals surface area contributed by atoms with Crippen molar-refractivity contribution in [3.8, 4) is 11.4 Å². The number of carbonyl (C=O) groups excluding carboxylic acids is 1. The van der Waals surface area contributed by atoms with Gasteiger partial charge in [-0.3, -0.25) is 10.2 Å². The van der Waals surface area contributed by atoms with Gasteiger partial charge in [-0.05, 0) is 37.3 Å². The standard InChI is InChI=1S/C26H26F6N6O5/c1-15(38-24(40)37(13-34-38)18-4-6-19(7-5-18)42-11-26(31,32)23(29)30)25(41,20-8-3-17(27)9-21(20)28)10-22-35-33-12-36(22)14-43-16(2)39/h3-9,13,15,23,33,41H,10-12,14H2,1-2H3/t15-,25+/m1/s1. The molecule has 0 saturated carbocycles. The summed E-state index contributed by atoms with van der Waals surface area (Å²) in [6.45, 7) is 0.860. The average molecular weight is 617 g/mol. The van der Waals surface area contributed by atoms with Crippen LogP contribution >= 0.6 is 0 Å². The number of rotatable bonds is 12. The van der Waals surface area contributed by atoms with E-state index in [0.29, 0.717) is 6.07 Å². The fraction of sp³-hybridized carbons (Fsp3) is 0.385. The van der Waals surface area contributed by atoms with Gasteiger partial charge in [0.25, 0.3) is 0 Å². The zero-order valence-electron chi connectivity index (χ0n) is 22.7. The molecule has 0 amide bonds. The lowest BCUT2D eigenvalue weighted by atomic mass is 9.83. The number of nitrogens with zero attached hydrogens (tertiary/aromatic N) is 5. The van der Waals surface area contributed by atoms with Crippen LogP contribution in [0.15, 0.2) is 58.7 Å². The number of ether oxygens (including phenoxy) is 2. The Kier molecular flexibility index (Phi) is 9.03. The van der Waals surface area contributed by atoms with Crippen LogP contribution in [0.2, 0.25) is 0 Å². The van der Waals surface area contributed by atoms with E-state index in [9.17, 15) is 36.6 Å². The number of hydrazone groups is 1. The number of benzene rings is 2. The first-order valence-electron chi connectivity index (χ1n) is 12.6. The molecule has 2 aromatic carbocycles. The second-order valence-corrected chi connectivity index (χ2v) is 9.62. The van der Waals surface area contributed by atoms with Crippen molar-refractivity contribution in [1.29, 1.82) is 0 Å². The summed E-state index contributed by atoms with van der Waals surface area (Å²) in [7, 11) is 0. The number of amidine groups is 1. The van der Waals surface area contributed by atoms with Gasteiger partial charge in [0.1, 0.15) is 41.8 Å². The van der Waals surface area contributed by atoms with Crippen LogP contribution in [0.5, 0.6) is 5.75 Å². The summed E-state index contributed by atoms with van der Waals surface area (Å²) >= 11 is 0. The van der Waals surface area contributed by atoms with Gasteiger partial charge in [0.15, 0.2) is 13.3 Å². The lowest BCUT2D eigenvalue weighted by Gasteiger charge is -2.35. The van der Waals surface area contributed by atoms with Crippen molar-refractivity contribution in [2.24, 2.45) is 5.10 Å². The molecule has 0 radical (unpaired) electrons. The largest absolute Gasteiger partial charge is 0.487 e. The second kappa shape index (κ2) is 12.4. The monoisotopic (exact) mass is 616 g/mol. The third-order valence-corrected chi connectivity index (χ3v) is 6.70. The first-order valence-corrected chi connectivity index (χ1v) is 12.6. The molecule has 1 aliphatic heterocycles. The van der Waals surface area contributed by atoms with Crippen molar-refractivity contribution in [2.45, 2.75) is 44.3 Å². The SMILES string of the molecule is CC(=O)OCN1CNN=C1C[C@@](O)(c1ccc(F)cc1F)[C@@H](C)n1ncn(-c2ccc(OCC(F)(F)C(F)F)cc2)c1=O. The number of esters is 1. The molecule has 43 heavy (non-hydrogen) atoms. The van der Waals surface area contributed by atoms with Crippen LogP contribution in [0.3, 0.4) is 0 Å². The van der Waals surface area contributed by atoms with E-state index >= 15 is 4.39 Å².